The van der Waals surface area contributed by atoms with Gasteiger partial charge in [-0.3, -0.25) is 4.79 Å². The van der Waals surface area contributed by atoms with Crippen molar-refractivity contribution < 1.29 is 9.53 Å². The lowest BCUT2D eigenvalue weighted by Gasteiger charge is -2.36. The van der Waals surface area contributed by atoms with Crippen LogP contribution >= 0.6 is 0 Å². The van der Waals surface area contributed by atoms with Crippen LogP contribution in [0.2, 0.25) is 0 Å². The second kappa shape index (κ2) is 6.42. The maximum atomic E-state index is 11.4. The predicted octanol–water partition coefficient (Wildman–Crippen LogP) is 4.08. The van der Waals surface area contributed by atoms with Gasteiger partial charge in [0.2, 0.25) is 0 Å². The van der Waals surface area contributed by atoms with Crippen LogP contribution in [-0.4, -0.2) is 12.1 Å². The van der Waals surface area contributed by atoms with Crippen molar-refractivity contribution in [3.8, 4) is 0 Å². The molecule has 0 radical (unpaired) electrons. The van der Waals surface area contributed by atoms with Gasteiger partial charge < -0.3 is 4.74 Å². The van der Waals surface area contributed by atoms with E-state index in [2.05, 4.69) is 6.92 Å². The average molecular weight is 238 g/mol. The van der Waals surface area contributed by atoms with E-state index in [1.807, 2.05) is 0 Å². The van der Waals surface area contributed by atoms with Crippen LogP contribution in [-0.2, 0) is 9.53 Å². The van der Waals surface area contributed by atoms with Crippen LogP contribution in [0.5, 0.6) is 0 Å². The van der Waals surface area contributed by atoms with Gasteiger partial charge in [0.15, 0.2) is 0 Å². The van der Waals surface area contributed by atoms with E-state index in [9.17, 15) is 4.79 Å². The molecule has 3 atom stereocenters. The molecule has 0 bridgehead atoms. The van der Waals surface area contributed by atoms with Gasteiger partial charge in [0, 0.05) is 0 Å². The third-order valence-corrected chi connectivity index (χ3v) is 4.37. The summed E-state index contributed by atoms with van der Waals surface area (Å²) in [5, 5.41) is 0. The summed E-state index contributed by atoms with van der Waals surface area (Å²) in [5.74, 6) is 1.02. The quantitative estimate of drug-likeness (QED) is 0.594. The van der Waals surface area contributed by atoms with Gasteiger partial charge in [-0.05, 0) is 18.8 Å². The highest BCUT2D eigenvalue weighted by Crippen LogP contribution is 2.33. The molecule has 2 rings (SSSR count). The highest BCUT2D eigenvalue weighted by atomic mass is 16.6. The molecule has 0 amide bonds. The van der Waals surface area contributed by atoms with Gasteiger partial charge in [-0.1, -0.05) is 58.3 Å². The summed E-state index contributed by atoms with van der Waals surface area (Å²) in [4.78, 5) is 11.4. The first-order valence-electron chi connectivity index (χ1n) is 7.48. The van der Waals surface area contributed by atoms with Crippen molar-refractivity contribution in [2.75, 3.05) is 0 Å². The lowest BCUT2D eigenvalue weighted by atomic mass is 9.84. The SMILES string of the molecule is CC1CCCCCCCCCC2C(=O)OC2C1. The zero-order chi connectivity index (χ0) is 12.1. The number of carbonyl (C=O) groups excluding carboxylic acids is 1. The standard InChI is InChI=1S/C15H26O2/c1-12-9-7-5-3-2-4-6-8-10-13-14(11-12)17-15(13)16/h12-14H,2-11H2,1H3. The molecule has 1 saturated carbocycles. The third-order valence-electron chi connectivity index (χ3n) is 4.37. The monoisotopic (exact) mass is 238 g/mol. The molecular weight excluding hydrogens is 212 g/mol. The summed E-state index contributed by atoms with van der Waals surface area (Å²) >= 11 is 0. The van der Waals surface area contributed by atoms with E-state index in [0.29, 0.717) is 0 Å². The van der Waals surface area contributed by atoms with Crippen molar-refractivity contribution in [3.63, 3.8) is 0 Å². The first-order valence-corrected chi connectivity index (χ1v) is 7.48. The van der Waals surface area contributed by atoms with Crippen molar-refractivity contribution in [1.29, 1.82) is 0 Å². The summed E-state index contributed by atoms with van der Waals surface area (Å²) in [6, 6.07) is 0. The average Bonchev–Trinajstić information content (AvgIpc) is 2.31. The van der Waals surface area contributed by atoms with Crippen LogP contribution in [0.25, 0.3) is 0 Å². The molecule has 0 N–H and O–H groups in total. The van der Waals surface area contributed by atoms with Gasteiger partial charge in [0.1, 0.15) is 6.10 Å². The number of fused-ring (bicyclic) bond motifs is 1. The number of hydrogen-bond acceptors (Lipinski definition) is 2. The molecule has 1 heterocycles. The maximum Gasteiger partial charge on any atom is 0.313 e. The predicted molar refractivity (Wildman–Crippen MR) is 68.7 cm³/mol. The Kier molecular flexibility index (Phi) is 4.87. The van der Waals surface area contributed by atoms with Gasteiger partial charge in [-0.2, -0.15) is 0 Å². The smallest absolute Gasteiger partial charge is 0.313 e. The Balaban J connectivity index is 1.83. The van der Waals surface area contributed by atoms with Crippen LogP contribution in [0, 0.1) is 11.8 Å². The topological polar surface area (TPSA) is 26.3 Å². The lowest BCUT2D eigenvalue weighted by Crippen LogP contribution is -2.45. The second-order valence-corrected chi connectivity index (χ2v) is 5.97. The Morgan fingerprint density at radius 1 is 0.941 bits per heavy atom. The first kappa shape index (κ1) is 12.9. The second-order valence-electron chi connectivity index (χ2n) is 5.97. The van der Waals surface area contributed by atoms with Crippen molar-refractivity contribution in [2.45, 2.75) is 77.2 Å². The van der Waals surface area contributed by atoms with Crippen LogP contribution in [0.15, 0.2) is 0 Å². The summed E-state index contributed by atoms with van der Waals surface area (Å²) in [5.41, 5.74) is 0. The lowest BCUT2D eigenvalue weighted by molar-refractivity contribution is -0.187. The Morgan fingerprint density at radius 2 is 1.53 bits per heavy atom. The van der Waals surface area contributed by atoms with Crippen molar-refractivity contribution >= 4 is 5.97 Å². The number of esters is 1. The molecule has 1 aliphatic carbocycles. The highest BCUT2D eigenvalue weighted by molar-refractivity contribution is 5.78. The Morgan fingerprint density at radius 3 is 2.18 bits per heavy atom. The first-order chi connectivity index (χ1) is 8.27. The summed E-state index contributed by atoms with van der Waals surface area (Å²) in [6.45, 7) is 2.31. The number of ether oxygens (including phenoxy) is 1. The molecule has 2 heteroatoms. The van der Waals surface area contributed by atoms with Crippen molar-refractivity contribution in [2.24, 2.45) is 11.8 Å². The minimum atomic E-state index is 0.0667. The zero-order valence-electron chi connectivity index (χ0n) is 11.1. The fourth-order valence-electron chi connectivity index (χ4n) is 3.17. The number of hydrogen-bond donors (Lipinski definition) is 0. The number of carbonyl (C=O) groups is 1. The highest BCUT2D eigenvalue weighted by Gasteiger charge is 2.41. The molecule has 0 aromatic rings. The van der Waals surface area contributed by atoms with E-state index in [1.165, 1.54) is 51.4 Å². The van der Waals surface area contributed by atoms with E-state index in [4.69, 9.17) is 4.74 Å². The fourth-order valence-corrected chi connectivity index (χ4v) is 3.17. The van der Waals surface area contributed by atoms with Crippen LogP contribution < -0.4 is 0 Å². The van der Waals surface area contributed by atoms with E-state index < -0.39 is 0 Å². The van der Waals surface area contributed by atoms with E-state index in [1.54, 1.807) is 0 Å². The Labute approximate surface area is 105 Å². The third kappa shape index (κ3) is 3.72. The maximum absolute atomic E-state index is 11.4. The Hall–Kier alpha value is -0.530. The minimum absolute atomic E-state index is 0.0667. The molecule has 98 valence electrons. The molecule has 2 fully saturated rings. The van der Waals surface area contributed by atoms with Gasteiger partial charge >= 0.3 is 5.97 Å². The fraction of sp³-hybridized carbons (Fsp3) is 0.933. The van der Waals surface area contributed by atoms with Gasteiger partial charge in [0.25, 0.3) is 0 Å². The normalized spacial score (nSPS) is 36.5. The van der Waals surface area contributed by atoms with Crippen LogP contribution in [0.4, 0.5) is 0 Å². The molecule has 1 saturated heterocycles. The van der Waals surface area contributed by atoms with Gasteiger partial charge in [-0.15, -0.1) is 0 Å². The number of rotatable bonds is 0. The van der Waals surface area contributed by atoms with E-state index in [0.717, 1.165) is 18.8 Å². The molecule has 0 aromatic carbocycles. The molecule has 17 heavy (non-hydrogen) atoms. The zero-order valence-corrected chi connectivity index (χ0v) is 11.1. The van der Waals surface area contributed by atoms with Crippen molar-refractivity contribution in [3.05, 3.63) is 0 Å². The Bertz CT molecular complexity index is 249. The van der Waals surface area contributed by atoms with E-state index in [-0.39, 0.29) is 18.0 Å². The minimum Gasteiger partial charge on any atom is -0.461 e. The molecular formula is C15H26O2. The molecule has 1 aliphatic heterocycles. The largest absolute Gasteiger partial charge is 0.461 e. The molecule has 0 aromatic heterocycles. The summed E-state index contributed by atoms with van der Waals surface area (Å²) < 4.78 is 5.31. The van der Waals surface area contributed by atoms with E-state index >= 15 is 0 Å². The molecule has 2 nitrogen and oxygen atoms in total. The van der Waals surface area contributed by atoms with Crippen molar-refractivity contribution in [1.82, 2.24) is 0 Å². The van der Waals surface area contributed by atoms with Crippen LogP contribution in [0.1, 0.15) is 71.1 Å². The van der Waals surface area contributed by atoms with Crippen LogP contribution in [0.3, 0.4) is 0 Å². The molecule has 3 unspecified atom stereocenters. The van der Waals surface area contributed by atoms with Gasteiger partial charge in [-0.25, -0.2) is 0 Å². The summed E-state index contributed by atoms with van der Waals surface area (Å²) in [6.07, 6.45) is 13.1. The molecule has 2 aliphatic rings. The molecule has 0 spiro atoms. The summed E-state index contributed by atoms with van der Waals surface area (Å²) in [7, 11) is 0. The van der Waals surface area contributed by atoms with Gasteiger partial charge in [0.05, 0.1) is 5.92 Å².